The second-order valence-corrected chi connectivity index (χ2v) is 6.35. The third kappa shape index (κ3) is 5.26. The Labute approximate surface area is 167 Å². The van der Waals surface area contributed by atoms with Gasteiger partial charge in [-0.05, 0) is 23.8 Å². The highest BCUT2D eigenvalue weighted by atomic mass is 16.6. The Hall–Kier alpha value is -4.00. The van der Waals surface area contributed by atoms with Gasteiger partial charge in [0.2, 0.25) is 5.91 Å². The highest BCUT2D eigenvalue weighted by molar-refractivity contribution is 6.03. The molecule has 0 saturated carbocycles. The van der Waals surface area contributed by atoms with E-state index in [1.807, 2.05) is 36.4 Å². The summed E-state index contributed by atoms with van der Waals surface area (Å²) in [5.41, 5.74) is 1.04. The molecule has 0 aliphatic rings. The molecule has 0 aromatic heterocycles. The lowest BCUT2D eigenvalue weighted by molar-refractivity contribution is -0.385. The summed E-state index contributed by atoms with van der Waals surface area (Å²) in [5.74, 6) is -1.09. The van der Waals surface area contributed by atoms with Gasteiger partial charge in [0.25, 0.3) is 11.6 Å². The molecule has 29 heavy (non-hydrogen) atoms. The van der Waals surface area contributed by atoms with Crippen LogP contribution in [-0.2, 0) is 11.2 Å². The molecule has 0 aliphatic heterocycles. The number of benzene rings is 3. The molecule has 2 N–H and O–H groups in total. The lowest BCUT2D eigenvalue weighted by Crippen LogP contribution is -2.45. The van der Waals surface area contributed by atoms with Crippen molar-refractivity contribution in [2.75, 3.05) is 5.32 Å². The maximum Gasteiger partial charge on any atom is 0.282 e. The van der Waals surface area contributed by atoms with Gasteiger partial charge in [0.15, 0.2) is 0 Å². The highest BCUT2D eigenvalue weighted by Crippen LogP contribution is 2.18. The molecule has 0 spiro atoms. The van der Waals surface area contributed by atoms with Crippen molar-refractivity contribution in [2.45, 2.75) is 12.5 Å². The second kappa shape index (κ2) is 9.27. The van der Waals surface area contributed by atoms with Gasteiger partial charge in [0, 0.05) is 18.2 Å². The number of carbonyl (C=O) groups excluding carboxylic acids is 2. The zero-order chi connectivity index (χ0) is 20.6. The normalized spacial score (nSPS) is 11.3. The predicted octanol–water partition coefficient (Wildman–Crippen LogP) is 3.57. The monoisotopic (exact) mass is 389 g/mol. The average Bonchev–Trinajstić information content (AvgIpc) is 2.74. The average molecular weight is 389 g/mol. The molecule has 146 valence electrons. The quantitative estimate of drug-likeness (QED) is 0.476. The molecule has 7 heteroatoms. The molecule has 0 saturated heterocycles. The first-order valence-electron chi connectivity index (χ1n) is 8.98. The van der Waals surface area contributed by atoms with Crippen molar-refractivity contribution in [1.29, 1.82) is 0 Å². The van der Waals surface area contributed by atoms with Crippen molar-refractivity contribution in [3.63, 3.8) is 0 Å². The van der Waals surface area contributed by atoms with Crippen molar-refractivity contribution in [2.24, 2.45) is 0 Å². The fraction of sp³-hybridized carbons (Fsp3) is 0.0909. The topological polar surface area (TPSA) is 101 Å². The van der Waals surface area contributed by atoms with Crippen molar-refractivity contribution in [1.82, 2.24) is 5.32 Å². The Morgan fingerprint density at radius 2 is 1.45 bits per heavy atom. The van der Waals surface area contributed by atoms with E-state index in [9.17, 15) is 19.7 Å². The molecular weight excluding hydrogens is 370 g/mol. The van der Waals surface area contributed by atoms with Gasteiger partial charge in [-0.3, -0.25) is 19.7 Å². The maximum absolute atomic E-state index is 12.8. The third-order valence-electron chi connectivity index (χ3n) is 4.29. The zero-order valence-corrected chi connectivity index (χ0v) is 15.4. The number of para-hydroxylation sites is 2. The summed E-state index contributed by atoms with van der Waals surface area (Å²) in [7, 11) is 0. The Balaban J connectivity index is 1.83. The van der Waals surface area contributed by atoms with E-state index < -0.39 is 22.8 Å². The number of nitro benzene ring substituents is 1. The highest BCUT2D eigenvalue weighted by Gasteiger charge is 2.26. The standard InChI is InChI=1S/C22H19N3O4/c26-21(18-13-7-8-14-20(18)25(28)29)24-19(15-16-9-3-1-4-10-16)22(27)23-17-11-5-2-6-12-17/h1-14,19H,15H2,(H,23,27)(H,24,26). The Morgan fingerprint density at radius 1 is 0.862 bits per heavy atom. The van der Waals surface area contributed by atoms with E-state index in [1.54, 1.807) is 24.3 Å². The third-order valence-corrected chi connectivity index (χ3v) is 4.29. The first-order valence-corrected chi connectivity index (χ1v) is 8.98. The Bertz CT molecular complexity index is 1010. The number of nitrogens with one attached hydrogen (secondary N) is 2. The van der Waals surface area contributed by atoms with Gasteiger partial charge in [-0.2, -0.15) is 0 Å². The fourth-order valence-corrected chi connectivity index (χ4v) is 2.87. The van der Waals surface area contributed by atoms with Gasteiger partial charge >= 0.3 is 0 Å². The van der Waals surface area contributed by atoms with E-state index in [0.29, 0.717) is 5.69 Å². The summed E-state index contributed by atoms with van der Waals surface area (Å²) in [4.78, 5) is 36.2. The summed E-state index contributed by atoms with van der Waals surface area (Å²) < 4.78 is 0. The van der Waals surface area contributed by atoms with Crippen molar-refractivity contribution in [3.05, 3.63) is 106 Å². The zero-order valence-electron chi connectivity index (χ0n) is 15.4. The maximum atomic E-state index is 12.8. The Kier molecular flexibility index (Phi) is 6.32. The largest absolute Gasteiger partial charge is 0.340 e. The number of rotatable bonds is 7. The van der Waals surface area contributed by atoms with E-state index in [2.05, 4.69) is 10.6 Å². The van der Waals surface area contributed by atoms with Crippen LogP contribution in [0.25, 0.3) is 0 Å². The van der Waals surface area contributed by atoms with Crippen LogP contribution in [0.1, 0.15) is 15.9 Å². The summed E-state index contributed by atoms with van der Waals surface area (Å²) in [6.07, 6.45) is 0.242. The van der Waals surface area contributed by atoms with Crippen LogP contribution in [0.3, 0.4) is 0 Å². The molecule has 0 heterocycles. The minimum Gasteiger partial charge on any atom is -0.340 e. The van der Waals surface area contributed by atoms with Crippen molar-refractivity contribution < 1.29 is 14.5 Å². The van der Waals surface area contributed by atoms with Gasteiger partial charge in [-0.25, -0.2) is 0 Å². The van der Waals surface area contributed by atoms with Crippen LogP contribution in [0.15, 0.2) is 84.9 Å². The van der Waals surface area contributed by atoms with E-state index in [4.69, 9.17) is 0 Å². The van der Waals surface area contributed by atoms with Gasteiger partial charge < -0.3 is 10.6 Å². The number of hydrogen-bond donors (Lipinski definition) is 2. The molecule has 0 radical (unpaired) electrons. The van der Waals surface area contributed by atoms with Crippen LogP contribution in [-0.4, -0.2) is 22.8 Å². The van der Waals surface area contributed by atoms with E-state index >= 15 is 0 Å². The molecule has 3 aromatic rings. The van der Waals surface area contributed by atoms with E-state index in [-0.39, 0.29) is 17.7 Å². The summed E-state index contributed by atoms with van der Waals surface area (Å²) in [6, 6.07) is 22.8. The van der Waals surface area contributed by atoms with Crippen LogP contribution >= 0.6 is 0 Å². The Morgan fingerprint density at radius 3 is 2.10 bits per heavy atom. The molecule has 1 unspecified atom stereocenters. The number of nitro groups is 1. The molecular formula is C22H19N3O4. The number of anilines is 1. The minimum absolute atomic E-state index is 0.0944. The smallest absolute Gasteiger partial charge is 0.282 e. The first kappa shape index (κ1) is 19.8. The minimum atomic E-state index is -0.912. The molecule has 0 bridgehead atoms. The van der Waals surface area contributed by atoms with E-state index in [1.165, 1.54) is 24.3 Å². The number of hydrogen-bond acceptors (Lipinski definition) is 4. The molecule has 3 rings (SSSR count). The van der Waals surface area contributed by atoms with Crippen LogP contribution in [0, 0.1) is 10.1 Å². The SMILES string of the molecule is O=C(NC(Cc1ccccc1)C(=O)Nc1ccccc1)c1ccccc1[N+](=O)[O-]. The van der Waals surface area contributed by atoms with Crippen LogP contribution in [0.5, 0.6) is 0 Å². The lowest BCUT2D eigenvalue weighted by atomic mass is 10.0. The number of carbonyl (C=O) groups is 2. The van der Waals surface area contributed by atoms with E-state index in [0.717, 1.165) is 5.56 Å². The first-order chi connectivity index (χ1) is 14.0. The van der Waals surface area contributed by atoms with Gasteiger partial charge in [-0.1, -0.05) is 60.7 Å². The molecule has 0 aliphatic carbocycles. The van der Waals surface area contributed by atoms with Gasteiger partial charge in [0.1, 0.15) is 11.6 Å². The summed E-state index contributed by atoms with van der Waals surface area (Å²) in [5, 5.41) is 16.6. The van der Waals surface area contributed by atoms with Crippen LogP contribution in [0.2, 0.25) is 0 Å². The van der Waals surface area contributed by atoms with Crippen LogP contribution < -0.4 is 10.6 Å². The second-order valence-electron chi connectivity index (χ2n) is 6.35. The molecule has 3 aromatic carbocycles. The van der Waals surface area contributed by atoms with Crippen molar-refractivity contribution in [3.8, 4) is 0 Å². The van der Waals surface area contributed by atoms with Gasteiger partial charge in [0.05, 0.1) is 4.92 Å². The predicted molar refractivity (Wildman–Crippen MR) is 110 cm³/mol. The summed E-state index contributed by atoms with van der Waals surface area (Å²) in [6.45, 7) is 0. The van der Waals surface area contributed by atoms with Gasteiger partial charge in [-0.15, -0.1) is 0 Å². The van der Waals surface area contributed by atoms with Crippen molar-refractivity contribution >= 4 is 23.2 Å². The number of nitrogens with zero attached hydrogens (tertiary/aromatic N) is 1. The fourth-order valence-electron chi connectivity index (χ4n) is 2.87. The molecule has 2 amide bonds. The lowest BCUT2D eigenvalue weighted by Gasteiger charge is -2.19. The molecule has 0 fully saturated rings. The number of amides is 2. The summed E-state index contributed by atoms with van der Waals surface area (Å²) >= 11 is 0. The molecule has 7 nitrogen and oxygen atoms in total. The molecule has 1 atom stereocenters. The van der Waals surface area contributed by atoms with Crippen LogP contribution in [0.4, 0.5) is 11.4 Å².